The molecular formula is C24H24N2O2. The molecule has 1 atom stereocenters. The summed E-state index contributed by atoms with van der Waals surface area (Å²) in [6, 6.07) is 27.4. The van der Waals surface area contributed by atoms with E-state index in [9.17, 15) is 4.79 Å². The van der Waals surface area contributed by atoms with Gasteiger partial charge in [-0.2, -0.15) is 5.10 Å². The zero-order valence-corrected chi connectivity index (χ0v) is 15.9. The van der Waals surface area contributed by atoms with Crippen molar-refractivity contribution >= 4 is 12.1 Å². The minimum Gasteiger partial charge on any atom is -0.489 e. The highest BCUT2D eigenvalue weighted by atomic mass is 16.5. The lowest BCUT2D eigenvalue weighted by molar-refractivity contribution is -0.122. The minimum absolute atomic E-state index is 0.104. The number of hydrogen-bond acceptors (Lipinski definition) is 3. The summed E-state index contributed by atoms with van der Waals surface area (Å²) in [5, 5.41) is 4.09. The molecule has 3 aromatic rings. The van der Waals surface area contributed by atoms with Gasteiger partial charge in [-0.15, -0.1) is 0 Å². The maximum Gasteiger partial charge on any atom is 0.247 e. The number of amides is 1. The van der Waals surface area contributed by atoms with Crippen molar-refractivity contribution in [1.82, 2.24) is 5.43 Å². The first kappa shape index (κ1) is 19.4. The number of carbonyl (C=O) groups is 1. The molecule has 1 amide bonds. The van der Waals surface area contributed by atoms with E-state index in [0.717, 1.165) is 28.9 Å². The molecule has 142 valence electrons. The van der Waals surface area contributed by atoms with Crippen molar-refractivity contribution in [3.8, 4) is 5.75 Å². The largest absolute Gasteiger partial charge is 0.489 e. The molecule has 0 radical (unpaired) electrons. The van der Waals surface area contributed by atoms with Gasteiger partial charge in [0.15, 0.2) is 0 Å². The van der Waals surface area contributed by atoms with Crippen molar-refractivity contribution in [1.29, 1.82) is 0 Å². The zero-order valence-electron chi connectivity index (χ0n) is 15.9. The number of benzene rings is 3. The molecule has 4 heteroatoms. The quantitative estimate of drug-likeness (QED) is 0.451. The second-order valence-electron chi connectivity index (χ2n) is 6.45. The van der Waals surface area contributed by atoms with E-state index in [2.05, 4.69) is 10.5 Å². The van der Waals surface area contributed by atoms with Crippen molar-refractivity contribution in [2.24, 2.45) is 5.10 Å². The van der Waals surface area contributed by atoms with Crippen LogP contribution in [0.25, 0.3) is 0 Å². The molecule has 3 aromatic carbocycles. The fraction of sp³-hybridized carbons (Fsp3) is 0.167. The van der Waals surface area contributed by atoms with Crippen LogP contribution in [-0.4, -0.2) is 12.1 Å². The molecule has 0 spiro atoms. The highest BCUT2D eigenvalue weighted by Gasteiger charge is 2.17. The molecule has 0 fully saturated rings. The molecule has 1 N–H and O–H groups in total. The summed E-state index contributed by atoms with van der Waals surface area (Å²) in [6.45, 7) is 2.53. The van der Waals surface area contributed by atoms with Crippen molar-refractivity contribution in [3.63, 3.8) is 0 Å². The second-order valence-corrected chi connectivity index (χ2v) is 6.45. The van der Waals surface area contributed by atoms with Gasteiger partial charge in [-0.25, -0.2) is 5.43 Å². The van der Waals surface area contributed by atoms with E-state index >= 15 is 0 Å². The third-order valence-electron chi connectivity index (χ3n) is 4.44. The van der Waals surface area contributed by atoms with E-state index in [0.29, 0.717) is 6.61 Å². The molecule has 4 nitrogen and oxygen atoms in total. The predicted octanol–water partition coefficient (Wildman–Crippen LogP) is 4.91. The second kappa shape index (κ2) is 10.1. The average molecular weight is 372 g/mol. The number of hydrogen-bond donors (Lipinski definition) is 1. The fourth-order valence-corrected chi connectivity index (χ4v) is 2.90. The van der Waals surface area contributed by atoms with Crippen molar-refractivity contribution in [3.05, 3.63) is 102 Å². The van der Waals surface area contributed by atoms with Gasteiger partial charge >= 0.3 is 0 Å². The number of nitrogens with one attached hydrogen (secondary N) is 1. The standard InChI is InChI=1S/C24H24N2O2/c1-2-23(21-11-7-4-8-12-21)24(27)26-25-17-19-13-15-22(16-14-19)28-18-20-9-5-3-6-10-20/h3-17,23H,2,18H2,1H3,(H,26,27)/b25-17-/t23-/m1/s1. The van der Waals surface area contributed by atoms with Crippen LogP contribution >= 0.6 is 0 Å². The predicted molar refractivity (Wildman–Crippen MR) is 112 cm³/mol. The third-order valence-corrected chi connectivity index (χ3v) is 4.44. The third kappa shape index (κ3) is 5.55. The highest BCUT2D eigenvalue weighted by molar-refractivity contribution is 5.86. The number of nitrogens with zero attached hydrogens (tertiary/aromatic N) is 1. The minimum atomic E-state index is -0.202. The molecule has 0 saturated heterocycles. The van der Waals surface area contributed by atoms with E-state index in [1.54, 1.807) is 6.21 Å². The van der Waals surface area contributed by atoms with Gasteiger partial charge in [0.25, 0.3) is 0 Å². The molecule has 0 saturated carbocycles. The van der Waals surface area contributed by atoms with Gasteiger partial charge in [0.2, 0.25) is 5.91 Å². The van der Waals surface area contributed by atoms with Crippen LogP contribution in [-0.2, 0) is 11.4 Å². The molecular weight excluding hydrogens is 348 g/mol. The fourth-order valence-electron chi connectivity index (χ4n) is 2.90. The summed E-state index contributed by atoms with van der Waals surface area (Å²) in [5.74, 6) is 0.486. The molecule has 0 aromatic heterocycles. The number of ether oxygens (including phenoxy) is 1. The van der Waals surface area contributed by atoms with Gasteiger partial charge in [-0.1, -0.05) is 67.6 Å². The van der Waals surface area contributed by atoms with E-state index < -0.39 is 0 Å². The van der Waals surface area contributed by atoms with Gasteiger partial charge in [0.1, 0.15) is 12.4 Å². The molecule has 3 rings (SSSR count). The van der Waals surface area contributed by atoms with Gasteiger partial charge in [-0.3, -0.25) is 4.79 Å². The van der Waals surface area contributed by atoms with E-state index in [1.165, 1.54) is 0 Å². The first-order valence-electron chi connectivity index (χ1n) is 9.41. The monoisotopic (exact) mass is 372 g/mol. The molecule has 0 unspecified atom stereocenters. The lowest BCUT2D eigenvalue weighted by atomic mass is 9.96. The summed E-state index contributed by atoms with van der Waals surface area (Å²) in [5.41, 5.74) is 5.65. The Balaban J connectivity index is 1.52. The Bertz CT molecular complexity index is 891. The van der Waals surface area contributed by atoms with Crippen LogP contribution in [0.15, 0.2) is 90.0 Å². The smallest absolute Gasteiger partial charge is 0.247 e. The van der Waals surface area contributed by atoms with Gasteiger partial charge < -0.3 is 4.74 Å². The lowest BCUT2D eigenvalue weighted by Crippen LogP contribution is -2.25. The van der Waals surface area contributed by atoms with E-state index in [1.807, 2.05) is 91.9 Å². The topological polar surface area (TPSA) is 50.7 Å². The van der Waals surface area contributed by atoms with Gasteiger partial charge in [0, 0.05) is 0 Å². The molecule has 0 heterocycles. The Morgan fingerprint density at radius 1 is 0.964 bits per heavy atom. The molecule has 0 aliphatic heterocycles. The Morgan fingerprint density at radius 2 is 1.61 bits per heavy atom. The lowest BCUT2D eigenvalue weighted by Gasteiger charge is -2.12. The Kier molecular flexibility index (Phi) is 6.96. The maximum absolute atomic E-state index is 12.4. The maximum atomic E-state index is 12.4. The van der Waals surface area contributed by atoms with Crippen molar-refractivity contribution in [2.45, 2.75) is 25.9 Å². The molecule has 0 bridgehead atoms. The highest BCUT2D eigenvalue weighted by Crippen LogP contribution is 2.19. The van der Waals surface area contributed by atoms with Crippen LogP contribution in [0.1, 0.15) is 36.0 Å². The van der Waals surface area contributed by atoms with Crippen LogP contribution < -0.4 is 10.2 Å². The van der Waals surface area contributed by atoms with Crippen LogP contribution in [0, 0.1) is 0 Å². The Morgan fingerprint density at radius 3 is 2.25 bits per heavy atom. The number of carbonyl (C=O) groups excluding carboxylic acids is 1. The first-order valence-corrected chi connectivity index (χ1v) is 9.41. The molecule has 0 aliphatic rings. The summed E-state index contributed by atoms with van der Waals surface area (Å²) in [7, 11) is 0. The summed E-state index contributed by atoms with van der Waals surface area (Å²) in [6.07, 6.45) is 2.36. The first-order chi connectivity index (χ1) is 13.8. The summed E-state index contributed by atoms with van der Waals surface area (Å²) in [4.78, 5) is 12.4. The van der Waals surface area contributed by atoms with Crippen LogP contribution in [0.4, 0.5) is 0 Å². The van der Waals surface area contributed by atoms with Crippen LogP contribution in [0.3, 0.4) is 0 Å². The number of hydrazone groups is 1. The Labute approximate surface area is 165 Å². The summed E-state index contributed by atoms with van der Waals surface area (Å²) >= 11 is 0. The number of rotatable bonds is 8. The van der Waals surface area contributed by atoms with E-state index in [-0.39, 0.29) is 11.8 Å². The SMILES string of the molecule is CC[C@@H](C(=O)N/N=C\c1ccc(OCc2ccccc2)cc1)c1ccccc1. The normalized spacial score (nSPS) is 11.9. The van der Waals surface area contributed by atoms with Crippen LogP contribution in [0.2, 0.25) is 0 Å². The van der Waals surface area contributed by atoms with Crippen molar-refractivity contribution in [2.75, 3.05) is 0 Å². The van der Waals surface area contributed by atoms with Crippen molar-refractivity contribution < 1.29 is 9.53 Å². The van der Waals surface area contributed by atoms with Gasteiger partial charge in [0.05, 0.1) is 12.1 Å². The summed E-state index contributed by atoms with van der Waals surface area (Å²) < 4.78 is 5.77. The zero-order chi connectivity index (χ0) is 19.6. The molecule has 0 aliphatic carbocycles. The van der Waals surface area contributed by atoms with Gasteiger partial charge in [-0.05, 0) is 47.4 Å². The average Bonchev–Trinajstić information content (AvgIpc) is 2.75. The Hall–Kier alpha value is -3.40. The van der Waals surface area contributed by atoms with E-state index in [4.69, 9.17) is 4.74 Å². The van der Waals surface area contributed by atoms with Crippen LogP contribution in [0.5, 0.6) is 5.75 Å². The molecule has 28 heavy (non-hydrogen) atoms.